The van der Waals surface area contributed by atoms with Crippen molar-refractivity contribution in [2.24, 2.45) is 0 Å². The highest BCUT2D eigenvalue weighted by Gasteiger charge is 2.19. The van der Waals surface area contributed by atoms with Crippen LogP contribution in [0.15, 0.2) is 60.8 Å². The molecule has 0 aliphatic carbocycles. The first-order valence-corrected chi connectivity index (χ1v) is 28.8. The lowest BCUT2D eigenvalue weighted by Gasteiger charge is -2.18. The predicted molar refractivity (Wildman–Crippen MR) is 288 cm³/mol. The molecule has 388 valence electrons. The van der Waals surface area contributed by atoms with Crippen LogP contribution in [-0.4, -0.2) is 37.2 Å². The maximum absolute atomic E-state index is 12.8. The zero-order valence-corrected chi connectivity index (χ0v) is 44.4. The Bertz CT molecular complexity index is 1210. The molecule has 0 rings (SSSR count). The van der Waals surface area contributed by atoms with Gasteiger partial charge in [-0.05, 0) is 70.6 Å². The van der Waals surface area contributed by atoms with Crippen LogP contribution in [0.25, 0.3) is 0 Å². The maximum atomic E-state index is 12.8. The fraction of sp³-hybridized carbons (Fsp3) is 0.787. The molecular weight excluding hydrogens is 829 g/mol. The van der Waals surface area contributed by atoms with Crippen LogP contribution in [0.4, 0.5) is 0 Å². The normalized spacial score (nSPS) is 12.5. The summed E-state index contributed by atoms with van der Waals surface area (Å²) in [5.41, 5.74) is 0. The third kappa shape index (κ3) is 53.9. The molecule has 6 heteroatoms. The van der Waals surface area contributed by atoms with Crippen molar-refractivity contribution in [3.8, 4) is 0 Å². The first kappa shape index (κ1) is 64.1. The Morgan fingerprint density at radius 3 is 0.851 bits per heavy atom. The molecule has 0 aromatic heterocycles. The number of hydrogen-bond acceptors (Lipinski definition) is 6. The van der Waals surface area contributed by atoms with Gasteiger partial charge in [-0.1, -0.05) is 261 Å². The number of unbranched alkanes of at least 4 members (excludes halogenated alkanes) is 34. The van der Waals surface area contributed by atoms with Crippen LogP contribution in [0.1, 0.15) is 290 Å². The molecule has 0 aliphatic rings. The molecule has 0 N–H and O–H groups in total. The summed E-state index contributed by atoms with van der Waals surface area (Å²) in [6.45, 7) is 6.61. The van der Waals surface area contributed by atoms with E-state index >= 15 is 0 Å². The number of allylic oxidation sites excluding steroid dienone is 10. The highest BCUT2D eigenvalue weighted by Crippen LogP contribution is 2.16. The lowest BCUT2D eigenvalue weighted by molar-refractivity contribution is -0.167. The van der Waals surface area contributed by atoms with Gasteiger partial charge in [-0.3, -0.25) is 14.4 Å². The monoisotopic (exact) mass is 937 g/mol. The second-order valence-electron chi connectivity index (χ2n) is 19.3. The predicted octanol–water partition coefficient (Wildman–Crippen LogP) is 19.2. The van der Waals surface area contributed by atoms with Gasteiger partial charge < -0.3 is 14.2 Å². The van der Waals surface area contributed by atoms with E-state index in [9.17, 15) is 14.4 Å². The van der Waals surface area contributed by atoms with Gasteiger partial charge in [-0.15, -0.1) is 0 Å². The zero-order chi connectivity index (χ0) is 48.6. The van der Waals surface area contributed by atoms with E-state index in [0.29, 0.717) is 19.3 Å². The topological polar surface area (TPSA) is 78.9 Å². The van der Waals surface area contributed by atoms with Crippen molar-refractivity contribution < 1.29 is 28.6 Å². The van der Waals surface area contributed by atoms with Crippen molar-refractivity contribution in [1.82, 2.24) is 0 Å². The number of carbonyl (C=O) groups excluding carboxylic acids is 3. The third-order valence-electron chi connectivity index (χ3n) is 12.6. The van der Waals surface area contributed by atoms with Crippen LogP contribution in [0.5, 0.6) is 0 Å². The van der Waals surface area contributed by atoms with Crippen LogP contribution in [0, 0.1) is 0 Å². The zero-order valence-electron chi connectivity index (χ0n) is 44.4. The first-order chi connectivity index (χ1) is 33.0. The summed E-state index contributed by atoms with van der Waals surface area (Å²) < 4.78 is 16.8. The molecule has 0 aromatic rings. The molecule has 67 heavy (non-hydrogen) atoms. The summed E-state index contributed by atoms with van der Waals surface area (Å²) >= 11 is 0. The van der Waals surface area contributed by atoms with Crippen molar-refractivity contribution in [3.05, 3.63) is 60.8 Å². The Hall–Kier alpha value is -2.89. The fourth-order valence-corrected chi connectivity index (χ4v) is 8.20. The summed E-state index contributed by atoms with van der Waals surface area (Å²) in [5, 5.41) is 0. The number of ether oxygens (including phenoxy) is 3. The summed E-state index contributed by atoms with van der Waals surface area (Å²) in [6.07, 6.45) is 69.2. The Kier molecular flexibility index (Phi) is 53.3. The van der Waals surface area contributed by atoms with Crippen LogP contribution in [-0.2, 0) is 28.6 Å². The lowest BCUT2D eigenvalue weighted by atomic mass is 10.0. The van der Waals surface area contributed by atoms with Gasteiger partial charge in [0.1, 0.15) is 13.2 Å². The second-order valence-corrected chi connectivity index (χ2v) is 19.3. The molecule has 0 aromatic carbocycles. The molecular formula is C61H108O6. The smallest absolute Gasteiger partial charge is 0.306 e. The van der Waals surface area contributed by atoms with Gasteiger partial charge in [0.25, 0.3) is 0 Å². The Morgan fingerprint density at radius 1 is 0.299 bits per heavy atom. The summed E-state index contributed by atoms with van der Waals surface area (Å²) in [5.74, 6) is -0.925. The number of esters is 3. The lowest BCUT2D eigenvalue weighted by Crippen LogP contribution is -2.30. The van der Waals surface area contributed by atoms with E-state index in [1.54, 1.807) is 0 Å². The highest BCUT2D eigenvalue weighted by molar-refractivity contribution is 5.71. The molecule has 0 fully saturated rings. The molecule has 0 heterocycles. The number of rotatable bonds is 52. The van der Waals surface area contributed by atoms with Gasteiger partial charge in [-0.2, -0.15) is 0 Å². The summed E-state index contributed by atoms with van der Waals surface area (Å²) in [7, 11) is 0. The highest BCUT2D eigenvalue weighted by atomic mass is 16.6. The first-order valence-electron chi connectivity index (χ1n) is 28.8. The van der Waals surface area contributed by atoms with Gasteiger partial charge in [0.15, 0.2) is 6.10 Å². The van der Waals surface area contributed by atoms with Gasteiger partial charge in [0.2, 0.25) is 0 Å². The minimum absolute atomic E-state index is 0.0893. The third-order valence-corrected chi connectivity index (χ3v) is 12.6. The molecule has 0 aliphatic heterocycles. The standard InChI is InChI=1S/C61H108O6/c1-4-7-10-13-16-19-22-25-28-30-31-34-36-39-42-45-48-51-54-60(63)66-57-58(56-65-59(62)53-50-47-44-41-38-35-32-27-24-21-18-15-12-9-6-3)67-61(64)55-52-49-46-43-40-37-33-29-26-23-20-17-14-11-8-5-2/h22,25,28-31,33-34,37,40,58H,4-21,23-24,26-27,32,35-36,38-39,41-57H2,1-3H3/b25-22-,30-28-,33-29-,34-31-,40-37-. The van der Waals surface area contributed by atoms with Crippen LogP contribution < -0.4 is 0 Å². The molecule has 0 radical (unpaired) electrons. The van der Waals surface area contributed by atoms with Gasteiger partial charge in [-0.25, -0.2) is 0 Å². The van der Waals surface area contributed by atoms with Crippen molar-refractivity contribution in [1.29, 1.82) is 0 Å². The minimum Gasteiger partial charge on any atom is -0.462 e. The average Bonchev–Trinajstić information content (AvgIpc) is 3.33. The van der Waals surface area contributed by atoms with Crippen molar-refractivity contribution >= 4 is 17.9 Å². The van der Waals surface area contributed by atoms with E-state index in [4.69, 9.17) is 14.2 Å². The largest absolute Gasteiger partial charge is 0.462 e. The van der Waals surface area contributed by atoms with E-state index in [-0.39, 0.29) is 31.1 Å². The van der Waals surface area contributed by atoms with Gasteiger partial charge in [0.05, 0.1) is 0 Å². The summed E-state index contributed by atoms with van der Waals surface area (Å²) in [4.78, 5) is 38.1. The fourth-order valence-electron chi connectivity index (χ4n) is 8.20. The Labute approximate surface area is 415 Å². The Balaban J connectivity index is 4.44. The van der Waals surface area contributed by atoms with E-state index in [0.717, 1.165) is 89.9 Å². The molecule has 1 atom stereocenters. The SMILES string of the molecule is CCCCCCC\C=C/C=C\C=C/CCCCCCCC(=O)OCC(COC(=O)CCCCCCCCCCCCCCCCC)OC(=O)CCCCC/C=C\C=C/CCCCCCCCC. The van der Waals surface area contributed by atoms with Crippen molar-refractivity contribution in [2.45, 2.75) is 297 Å². The molecule has 6 nitrogen and oxygen atoms in total. The molecule has 0 spiro atoms. The summed E-state index contributed by atoms with van der Waals surface area (Å²) in [6, 6.07) is 0. The maximum Gasteiger partial charge on any atom is 0.306 e. The number of carbonyl (C=O) groups is 3. The van der Waals surface area contributed by atoms with Crippen molar-refractivity contribution in [2.75, 3.05) is 13.2 Å². The van der Waals surface area contributed by atoms with Gasteiger partial charge >= 0.3 is 17.9 Å². The van der Waals surface area contributed by atoms with E-state index < -0.39 is 6.10 Å². The van der Waals surface area contributed by atoms with Crippen LogP contribution in [0.3, 0.4) is 0 Å². The Morgan fingerprint density at radius 2 is 0.537 bits per heavy atom. The van der Waals surface area contributed by atoms with Crippen molar-refractivity contribution in [3.63, 3.8) is 0 Å². The van der Waals surface area contributed by atoms with Crippen LogP contribution in [0.2, 0.25) is 0 Å². The molecule has 1 unspecified atom stereocenters. The quantitative estimate of drug-likeness (QED) is 0.0262. The molecule has 0 bridgehead atoms. The molecule has 0 amide bonds. The van der Waals surface area contributed by atoms with Crippen LogP contribution >= 0.6 is 0 Å². The van der Waals surface area contributed by atoms with E-state index in [1.807, 2.05) is 0 Å². The number of hydrogen-bond donors (Lipinski definition) is 0. The molecule has 0 saturated carbocycles. The van der Waals surface area contributed by atoms with E-state index in [2.05, 4.69) is 81.5 Å². The van der Waals surface area contributed by atoms with Gasteiger partial charge in [0, 0.05) is 19.3 Å². The second kappa shape index (κ2) is 55.7. The molecule has 0 saturated heterocycles. The minimum atomic E-state index is -0.795. The average molecular weight is 938 g/mol. The van der Waals surface area contributed by atoms with E-state index in [1.165, 1.54) is 161 Å².